The van der Waals surface area contributed by atoms with E-state index in [-0.39, 0.29) is 11.8 Å². The Kier molecular flexibility index (Phi) is 3.92. The first-order valence-electron chi connectivity index (χ1n) is 7.14. The Labute approximate surface area is 128 Å². The van der Waals surface area contributed by atoms with Crippen molar-refractivity contribution < 1.29 is 4.79 Å². The minimum Gasteiger partial charge on any atom is -0.385 e. The highest BCUT2D eigenvalue weighted by atomic mass is 32.1. The van der Waals surface area contributed by atoms with Crippen molar-refractivity contribution in [1.82, 2.24) is 9.88 Å². The lowest BCUT2D eigenvalue weighted by molar-refractivity contribution is -0.132. The zero-order chi connectivity index (χ0) is 14.8. The van der Waals surface area contributed by atoms with Gasteiger partial charge in [0.15, 0.2) is 0 Å². The second-order valence-electron chi connectivity index (χ2n) is 5.40. The van der Waals surface area contributed by atoms with Crippen LogP contribution in [0.1, 0.15) is 27.8 Å². The normalized spacial score (nSPS) is 17.0. The highest BCUT2D eigenvalue weighted by Gasteiger charge is 2.28. The zero-order valence-electron chi connectivity index (χ0n) is 12.3. The highest BCUT2D eigenvalue weighted by Crippen LogP contribution is 2.32. The van der Waals surface area contributed by atoms with E-state index >= 15 is 0 Å². The van der Waals surface area contributed by atoms with Crippen molar-refractivity contribution in [3.05, 3.63) is 45.9 Å². The first-order valence-corrected chi connectivity index (χ1v) is 7.96. The number of amides is 1. The van der Waals surface area contributed by atoms with E-state index in [9.17, 15) is 4.79 Å². The molecule has 5 heteroatoms. The Morgan fingerprint density at radius 3 is 3.05 bits per heavy atom. The summed E-state index contributed by atoms with van der Waals surface area (Å²) in [5.41, 5.74) is 2.20. The van der Waals surface area contributed by atoms with Gasteiger partial charge in [-0.15, -0.1) is 11.3 Å². The van der Waals surface area contributed by atoms with Gasteiger partial charge < -0.3 is 10.2 Å². The van der Waals surface area contributed by atoms with Crippen molar-refractivity contribution in [3.8, 4) is 0 Å². The lowest BCUT2D eigenvalue weighted by Crippen LogP contribution is -2.34. The fourth-order valence-corrected chi connectivity index (χ4v) is 3.63. The number of carbonyl (C=O) groups excluding carboxylic acids is 1. The number of para-hydroxylation sites is 1. The molecule has 1 unspecified atom stereocenters. The summed E-state index contributed by atoms with van der Waals surface area (Å²) in [4.78, 5) is 20.0. The maximum atomic E-state index is 12.8. The van der Waals surface area contributed by atoms with Crippen LogP contribution in [0.5, 0.6) is 0 Å². The lowest BCUT2D eigenvalue weighted by Gasteiger charge is -2.29. The highest BCUT2D eigenvalue weighted by molar-refractivity contribution is 7.11. The Balaban J connectivity index is 1.76. The van der Waals surface area contributed by atoms with E-state index in [0.717, 1.165) is 34.1 Å². The van der Waals surface area contributed by atoms with Crippen LogP contribution in [0, 0.1) is 6.92 Å². The predicted molar refractivity (Wildman–Crippen MR) is 85.6 cm³/mol. The SMILES string of the molecule is Cc1ncc(CN(C)C(=O)C2CCNc3ccccc32)s1. The third-order valence-corrected chi connectivity index (χ3v) is 4.72. The number of likely N-dealkylation sites (N-methyl/N-ethyl adjacent to an activating group) is 1. The Morgan fingerprint density at radius 1 is 1.48 bits per heavy atom. The van der Waals surface area contributed by atoms with Crippen molar-refractivity contribution in [2.75, 3.05) is 18.9 Å². The van der Waals surface area contributed by atoms with Gasteiger partial charge in [0.05, 0.1) is 17.5 Å². The van der Waals surface area contributed by atoms with Crippen LogP contribution in [0.15, 0.2) is 30.5 Å². The molecule has 1 amide bonds. The van der Waals surface area contributed by atoms with E-state index < -0.39 is 0 Å². The average molecular weight is 301 g/mol. The molecule has 4 nitrogen and oxygen atoms in total. The van der Waals surface area contributed by atoms with Crippen LogP contribution in [0.25, 0.3) is 0 Å². The fourth-order valence-electron chi connectivity index (χ4n) is 2.78. The predicted octanol–water partition coefficient (Wildman–Crippen LogP) is 3.01. The van der Waals surface area contributed by atoms with Crippen molar-refractivity contribution in [1.29, 1.82) is 0 Å². The smallest absolute Gasteiger partial charge is 0.230 e. The van der Waals surface area contributed by atoms with Crippen LogP contribution in [0.3, 0.4) is 0 Å². The average Bonchev–Trinajstić information content (AvgIpc) is 2.91. The van der Waals surface area contributed by atoms with Gasteiger partial charge in [-0.3, -0.25) is 4.79 Å². The topological polar surface area (TPSA) is 45.2 Å². The standard InChI is InChI=1S/C16H19N3OS/c1-11-18-9-12(21-11)10-19(2)16(20)14-7-8-17-15-6-4-3-5-13(14)15/h3-6,9,14,17H,7-8,10H2,1-2H3. The van der Waals surface area contributed by atoms with Crippen LogP contribution in [0.2, 0.25) is 0 Å². The van der Waals surface area contributed by atoms with Gasteiger partial charge in [-0.1, -0.05) is 18.2 Å². The number of carbonyl (C=O) groups is 1. The molecule has 1 aliphatic heterocycles. The van der Waals surface area contributed by atoms with Crippen molar-refractivity contribution in [3.63, 3.8) is 0 Å². The Morgan fingerprint density at radius 2 is 2.29 bits per heavy atom. The molecule has 1 aromatic heterocycles. The van der Waals surface area contributed by atoms with Gasteiger partial charge in [-0.25, -0.2) is 4.98 Å². The van der Waals surface area contributed by atoms with E-state index in [0.29, 0.717) is 6.54 Å². The molecular formula is C16H19N3OS. The molecule has 0 spiro atoms. The van der Waals surface area contributed by atoms with Crippen LogP contribution < -0.4 is 5.32 Å². The molecule has 0 saturated heterocycles. The molecule has 1 aromatic carbocycles. The molecule has 1 N–H and O–H groups in total. The third-order valence-electron chi connectivity index (χ3n) is 3.82. The lowest BCUT2D eigenvalue weighted by atomic mass is 9.90. The quantitative estimate of drug-likeness (QED) is 0.948. The van der Waals surface area contributed by atoms with Gasteiger partial charge in [0, 0.05) is 30.4 Å². The molecule has 21 heavy (non-hydrogen) atoms. The minimum atomic E-state index is -0.0403. The van der Waals surface area contributed by atoms with Gasteiger partial charge in [0.2, 0.25) is 5.91 Å². The third kappa shape index (κ3) is 2.93. The second-order valence-corrected chi connectivity index (χ2v) is 6.71. The molecule has 0 fully saturated rings. The van der Waals surface area contributed by atoms with Gasteiger partial charge in [0.25, 0.3) is 0 Å². The summed E-state index contributed by atoms with van der Waals surface area (Å²) in [6.45, 7) is 3.47. The van der Waals surface area contributed by atoms with Gasteiger partial charge in [0.1, 0.15) is 0 Å². The number of thiazole rings is 1. The summed E-state index contributed by atoms with van der Waals surface area (Å²) in [6, 6.07) is 8.09. The summed E-state index contributed by atoms with van der Waals surface area (Å²) >= 11 is 1.65. The first kappa shape index (κ1) is 14.1. The number of nitrogens with zero attached hydrogens (tertiary/aromatic N) is 2. The van der Waals surface area contributed by atoms with Crippen molar-refractivity contribution in [2.24, 2.45) is 0 Å². The number of aromatic nitrogens is 1. The fraction of sp³-hybridized carbons (Fsp3) is 0.375. The van der Waals surface area contributed by atoms with E-state index in [2.05, 4.69) is 16.4 Å². The maximum absolute atomic E-state index is 12.8. The van der Waals surface area contributed by atoms with E-state index in [1.165, 1.54) is 0 Å². The number of benzene rings is 1. The molecule has 1 atom stereocenters. The zero-order valence-corrected chi connectivity index (χ0v) is 13.1. The molecule has 2 heterocycles. The second kappa shape index (κ2) is 5.85. The first-order chi connectivity index (χ1) is 10.1. The van der Waals surface area contributed by atoms with Gasteiger partial charge >= 0.3 is 0 Å². The summed E-state index contributed by atoms with van der Waals surface area (Å²) in [5, 5.41) is 4.40. The number of anilines is 1. The largest absolute Gasteiger partial charge is 0.385 e. The number of rotatable bonds is 3. The number of hydrogen-bond acceptors (Lipinski definition) is 4. The Bertz CT molecular complexity index is 652. The van der Waals surface area contributed by atoms with Crippen molar-refractivity contribution >= 4 is 22.9 Å². The van der Waals surface area contributed by atoms with E-state index in [4.69, 9.17) is 0 Å². The maximum Gasteiger partial charge on any atom is 0.230 e. The molecule has 0 radical (unpaired) electrons. The molecule has 1 aliphatic rings. The Hall–Kier alpha value is -1.88. The molecular weight excluding hydrogens is 282 g/mol. The van der Waals surface area contributed by atoms with Crippen molar-refractivity contribution in [2.45, 2.75) is 25.8 Å². The summed E-state index contributed by atoms with van der Waals surface area (Å²) < 4.78 is 0. The molecule has 0 bridgehead atoms. The van der Waals surface area contributed by atoms with Crippen LogP contribution >= 0.6 is 11.3 Å². The van der Waals surface area contributed by atoms with Crippen LogP contribution in [-0.4, -0.2) is 29.4 Å². The summed E-state index contributed by atoms with van der Waals surface area (Å²) in [6.07, 6.45) is 2.71. The molecule has 2 aromatic rings. The van der Waals surface area contributed by atoms with Gasteiger partial charge in [-0.2, -0.15) is 0 Å². The molecule has 0 aliphatic carbocycles. The summed E-state index contributed by atoms with van der Waals surface area (Å²) in [7, 11) is 1.88. The minimum absolute atomic E-state index is 0.0403. The summed E-state index contributed by atoms with van der Waals surface area (Å²) in [5.74, 6) is 0.150. The number of aryl methyl sites for hydroxylation is 1. The molecule has 3 rings (SSSR count). The number of hydrogen-bond donors (Lipinski definition) is 1. The van der Waals surface area contributed by atoms with Gasteiger partial charge in [-0.05, 0) is 25.0 Å². The van der Waals surface area contributed by atoms with E-state index in [1.807, 2.05) is 43.3 Å². The molecule has 0 saturated carbocycles. The molecule has 110 valence electrons. The number of nitrogens with one attached hydrogen (secondary N) is 1. The number of fused-ring (bicyclic) bond motifs is 1. The van der Waals surface area contributed by atoms with Crippen LogP contribution in [-0.2, 0) is 11.3 Å². The van der Waals surface area contributed by atoms with E-state index in [1.54, 1.807) is 11.3 Å². The monoisotopic (exact) mass is 301 g/mol. The van der Waals surface area contributed by atoms with Crippen LogP contribution in [0.4, 0.5) is 5.69 Å².